The second-order valence-corrected chi connectivity index (χ2v) is 3.25. The number of hydrogen-bond donors (Lipinski definition) is 1. The van der Waals surface area contributed by atoms with Crippen LogP contribution in [-0.4, -0.2) is 11.1 Å². The first kappa shape index (κ1) is 10.7. The minimum Gasteiger partial charge on any atom is -0.481 e. The second kappa shape index (κ2) is 4.74. The van der Waals surface area contributed by atoms with E-state index in [1.165, 1.54) is 6.92 Å². The molecule has 0 heterocycles. The predicted octanol–water partition coefficient (Wildman–Crippen LogP) is 2.73. The molecular weight excluding hydrogens is 183 g/mol. The van der Waals surface area contributed by atoms with Gasteiger partial charge in [-0.15, -0.1) is 0 Å². The molecule has 0 aromatic heterocycles. The van der Waals surface area contributed by atoms with Crippen molar-refractivity contribution in [1.82, 2.24) is 0 Å². The molecule has 0 aliphatic rings. The van der Waals surface area contributed by atoms with Gasteiger partial charge < -0.3 is 5.11 Å². The topological polar surface area (TPSA) is 37.3 Å². The van der Waals surface area contributed by atoms with Crippen molar-refractivity contribution in [3.63, 3.8) is 0 Å². The minimum atomic E-state index is -1.00. The molecule has 1 rings (SSSR count). The molecule has 1 unspecified atom stereocenters. The van der Waals surface area contributed by atoms with Crippen LogP contribution in [-0.2, 0) is 11.2 Å². The van der Waals surface area contributed by atoms with Crippen molar-refractivity contribution in [1.29, 1.82) is 0 Å². The Bertz CT molecular complexity index is 321. The third-order valence-corrected chi connectivity index (χ3v) is 2.04. The van der Waals surface area contributed by atoms with Gasteiger partial charge in [0.2, 0.25) is 0 Å². The second-order valence-electron chi connectivity index (χ2n) is 3.25. The summed E-state index contributed by atoms with van der Waals surface area (Å²) in [5.41, 5.74) is 1.47. The smallest absolute Gasteiger partial charge is 0.303 e. The molecule has 0 saturated heterocycles. The average Bonchev–Trinajstić information content (AvgIpc) is 2.15. The number of benzene rings is 1. The van der Waals surface area contributed by atoms with E-state index in [0.717, 1.165) is 5.56 Å². The van der Waals surface area contributed by atoms with E-state index in [4.69, 9.17) is 5.11 Å². The number of carbonyl (C=O) groups is 1. The maximum atomic E-state index is 12.9. The highest BCUT2D eigenvalue weighted by Crippen LogP contribution is 2.17. The molecule has 0 spiro atoms. The van der Waals surface area contributed by atoms with Gasteiger partial charge in [0, 0.05) is 6.42 Å². The van der Waals surface area contributed by atoms with Crippen molar-refractivity contribution >= 4 is 5.97 Å². The molecule has 0 aliphatic carbocycles. The summed E-state index contributed by atoms with van der Waals surface area (Å²) >= 11 is 0. The Morgan fingerprint density at radius 1 is 1.57 bits per heavy atom. The molecular formula is C11H13FO2. The van der Waals surface area contributed by atoms with Gasteiger partial charge in [-0.1, -0.05) is 24.3 Å². The third-order valence-electron chi connectivity index (χ3n) is 2.04. The zero-order valence-electron chi connectivity index (χ0n) is 8.03. The minimum absolute atomic E-state index is 0.0874. The number of rotatable bonds is 4. The van der Waals surface area contributed by atoms with Crippen molar-refractivity contribution in [2.45, 2.75) is 25.9 Å². The summed E-state index contributed by atoms with van der Waals surface area (Å²) in [6.07, 6.45) is -0.459. The molecule has 0 bridgehead atoms. The lowest BCUT2D eigenvalue weighted by Gasteiger charge is -2.04. The van der Waals surface area contributed by atoms with Crippen LogP contribution in [0, 0.1) is 0 Å². The van der Waals surface area contributed by atoms with Crippen LogP contribution in [0.1, 0.15) is 30.6 Å². The fourth-order valence-corrected chi connectivity index (χ4v) is 1.25. The van der Waals surface area contributed by atoms with Gasteiger partial charge >= 0.3 is 5.97 Å². The highest BCUT2D eigenvalue weighted by atomic mass is 19.1. The molecule has 0 radical (unpaired) electrons. The molecule has 0 saturated carbocycles. The zero-order valence-corrected chi connectivity index (χ0v) is 8.03. The monoisotopic (exact) mass is 196 g/mol. The summed E-state index contributed by atoms with van der Waals surface area (Å²) in [4.78, 5) is 10.3. The van der Waals surface area contributed by atoms with E-state index in [-0.39, 0.29) is 6.42 Å². The highest BCUT2D eigenvalue weighted by Gasteiger charge is 2.04. The van der Waals surface area contributed by atoms with E-state index in [2.05, 4.69) is 0 Å². The Morgan fingerprint density at radius 3 is 2.86 bits per heavy atom. The zero-order chi connectivity index (χ0) is 10.6. The van der Waals surface area contributed by atoms with Crippen LogP contribution < -0.4 is 0 Å². The molecule has 14 heavy (non-hydrogen) atoms. The molecule has 76 valence electrons. The van der Waals surface area contributed by atoms with Gasteiger partial charge in [-0.2, -0.15) is 0 Å². The maximum absolute atomic E-state index is 12.9. The number of aliphatic carboxylic acids is 1. The molecule has 3 heteroatoms. The third kappa shape index (κ3) is 3.17. The van der Waals surface area contributed by atoms with Crippen LogP contribution in [0.5, 0.6) is 0 Å². The lowest BCUT2D eigenvalue weighted by atomic mass is 10.0. The van der Waals surface area contributed by atoms with Gasteiger partial charge in [0.15, 0.2) is 0 Å². The van der Waals surface area contributed by atoms with Crippen molar-refractivity contribution in [2.75, 3.05) is 0 Å². The van der Waals surface area contributed by atoms with E-state index in [1.54, 1.807) is 18.2 Å². The van der Waals surface area contributed by atoms with Crippen LogP contribution in [0.3, 0.4) is 0 Å². The van der Waals surface area contributed by atoms with Crippen molar-refractivity contribution in [2.24, 2.45) is 0 Å². The lowest BCUT2D eigenvalue weighted by Crippen LogP contribution is -1.98. The quantitative estimate of drug-likeness (QED) is 0.803. The van der Waals surface area contributed by atoms with Gasteiger partial charge in [0.05, 0.1) is 0 Å². The van der Waals surface area contributed by atoms with Gasteiger partial charge in [-0.05, 0) is 24.5 Å². The van der Waals surface area contributed by atoms with E-state index in [9.17, 15) is 9.18 Å². The van der Waals surface area contributed by atoms with Gasteiger partial charge in [-0.25, -0.2) is 4.39 Å². The van der Waals surface area contributed by atoms with Crippen LogP contribution in [0.4, 0.5) is 4.39 Å². The molecule has 0 fully saturated rings. The fraction of sp³-hybridized carbons (Fsp3) is 0.364. The normalized spacial score (nSPS) is 12.4. The van der Waals surface area contributed by atoms with E-state index in [1.807, 2.05) is 6.07 Å². The van der Waals surface area contributed by atoms with Crippen molar-refractivity contribution in [3.8, 4) is 0 Å². The van der Waals surface area contributed by atoms with Crippen LogP contribution in [0.2, 0.25) is 0 Å². The van der Waals surface area contributed by atoms with E-state index < -0.39 is 12.1 Å². The Morgan fingerprint density at radius 2 is 2.29 bits per heavy atom. The number of alkyl halides is 1. The molecule has 1 atom stereocenters. The Hall–Kier alpha value is -1.38. The molecule has 0 aliphatic heterocycles. The SMILES string of the molecule is CC(F)c1cccc(CCC(=O)O)c1. The predicted molar refractivity (Wildman–Crippen MR) is 51.9 cm³/mol. The summed E-state index contributed by atoms with van der Waals surface area (Å²) in [6.45, 7) is 1.47. The molecule has 1 aromatic rings. The summed E-state index contributed by atoms with van der Waals surface area (Å²) in [5.74, 6) is -0.830. The molecule has 0 amide bonds. The Kier molecular flexibility index (Phi) is 3.63. The van der Waals surface area contributed by atoms with E-state index in [0.29, 0.717) is 12.0 Å². The summed E-state index contributed by atoms with van der Waals surface area (Å²) in [6, 6.07) is 6.99. The average molecular weight is 196 g/mol. The van der Waals surface area contributed by atoms with Crippen LogP contribution in [0.25, 0.3) is 0 Å². The summed E-state index contributed by atoms with van der Waals surface area (Å²) in [7, 11) is 0. The number of halogens is 1. The largest absolute Gasteiger partial charge is 0.481 e. The molecule has 1 N–H and O–H groups in total. The maximum Gasteiger partial charge on any atom is 0.303 e. The first-order valence-electron chi connectivity index (χ1n) is 4.54. The fourth-order valence-electron chi connectivity index (χ4n) is 1.25. The number of carboxylic acids is 1. The highest BCUT2D eigenvalue weighted by molar-refractivity contribution is 5.67. The summed E-state index contributed by atoms with van der Waals surface area (Å²) < 4.78 is 12.9. The number of hydrogen-bond acceptors (Lipinski definition) is 1. The molecule has 2 nitrogen and oxygen atoms in total. The number of carboxylic acid groups (broad SMARTS) is 1. The van der Waals surface area contributed by atoms with Crippen molar-refractivity contribution < 1.29 is 14.3 Å². The van der Waals surface area contributed by atoms with Crippen LogP contribution >= 0.6 is 0 Å². The number of aryl methyl sites for hydroxylation is 1. The van der Waals surface area contributed by atoms with E-state index >= 15 is 0 Å². The van der Waals surface area contributed by atoms with Crippen LogP contribution in [0.15, 0.2) is 24.3 Å². The summed E-state index contributed by atoms with van der Waals surface area (Å²) in [5, 5.41) is 8.48. The first-order chi connectivity index (χ1) is 6.59. The first-order valence-corrected chi connectivity index (χ1v) is 4.54. The standard InChI is InChI=1S/C11H13FO2/c1-8(12)10-4-2-3-9(7-10)5-6-11(13)14/h2-4,7-8H,5-6H2,1H3,(H,13,14). The lowest BCUT2D eigenvalue weighted by molar-refractivity contribution is -0.136. The Labute approximate surface area is 82.4 Å². The van der Waals surface area contributed by atoms with Gasteiger partial charge in [-0.3, -0.25) is 4.79 Å². The van der Waals surface area contributed by atoms with Gasteiger partial charge in [0.25, 0.3) is 0 Å². The Balaban J connectivity index is 2.68. The van der Waals surface area contributed by atoms with Gasteiger partial charge in [0.1, 0.15) is 6.17 Å². The van der Waals surface area contributed by atoms with Crippen molar-refractivity contribution in [3.05, 3.63) is 35.4 Å². The molecule has 1 aromatic carbocycles.